The zero-order chi connectivity index (χ0) is 19.1. The second-order valence-electron chi connectivity index (χ2n) is 7.60. The molecule has 2 aliphatic carbocycles. The third kappa shape index (κ3) is 3.31. The van der Waals surface area contributed by atoms with Gasteiger partial charge >= 0.3 is 11.9 Å². The number of carbonyl (C=O) groups excluding carboxylic acids is 1. The number of carboxylic acid groups (broad SMARTS) is 2. The minimum atomic E-state index is -1.48. The van der Waals surface area contributed by atoms with E-state index in [-0.39, 0.29) is 16.9 Å². The summed E-state index contributed by atoms with van der Waals surface area (Å²) >= 11 is 0. The standard InChI is InChI=1S/C20H21NO5/c1-20(2)8-7-13-14(10-20)11-5-3-4-6-12(11)17(18(13)24)21-15(19(25)26)9-16(22)23/h3-6,15H,7-10H2,1-2H3,(H,22,23)(H,25,26)/t15-/m0/s1. The highest BCUT2D eigenvalue weighted by atomic mass is 16.4. The third-order valence-electron chi connectivity index (χ3n) is 5.01. The maximum Gasteiger partial charge on any atom is 0.329 e. The van der Waals surface area contributed by atoms with Crippen molar-refractivity contribution in [2.75, 3.05) is 0 Å². The van der Waals surface area contributed by atoms with Crippen molar-refractivity contribution in [3.63, 3.8) is 0 Å². The normalized spacial score (nSPS) is 21.2. The molecule has 0 amide bonds. The predicted octanol–water partition coefficient (Wildman–Crippen LogP) is 2.95. The number of rotatable bonds is 4. The van der Waals surface area contributed by atoms with Gasteiger partial charge in [-0.1, -0.05) is 38.1 Å². The van der Waals surface area contributed by atoms with Gasteiger partial charge in [0.05, 0.1) is 6.42 Å². The van der Waals surface area contributed by atoms with Crippen molar-refractivity contribution in [1.82, 2.24) is 0 Å². The summed E-state index contributed by atoms with van der Waals surface area (Å²) in [7, 11) is 0. The molecule has 1 atom stereocenters. The van der Waals surface area contributed by atoms with E-state index in [9.17, 15) is 19.5 Å². The summed E-state index contributed by atoms with van der Waals surface area (Å²) < 4.78 is 0. The highest BCUT2D eigenvalue weighted by Crippen LogP contribution is 2.46. The summed E-state index contributed by atoms with van der Waals surface area (Å²) in [6.07, 6.45) is 1.60. The van der Waals surface area contributed by atoms with Crippen LogP contribution in [0.25, 0.3) is 5.57 Å². The molecule has 6 heteroatoms. The number of nitrogens with zero attached hydrogens (tertiary/aromatic N) is 1. The van der Waals surface area contributed by atoms with Crippen LogP contribution in [-0.4, -0.2) is 39.7 Å². The SMILES string of the molecule is CC1(C)CCC2=C(C1)c1ccccc1C(=N[C@@H](CC(=O)O)C(=O)O)C2=O. The number of allylic oxidation sites excluding steroid dienone is 2. The van der Waals surface area contributed by atoms with Gasteiger partial charge in [-0.2, -0.15) is 0 Å². The van der Waals surface area contributed by atoms with E-state index >= 15 is 0 Å². The third-order valence-corrected chi connectivity index (χ3v) is 5.01. The molecule has 26 heavy (non-hydrogen) atoms. The van der Waals surface area contributed by atoms with Crippen molar-refractivity contribution < 1.29 is 24.6 Å². The number of benzene rings is 1. The fourth-order valence-corrected chi connectivity index (χ4v) is 3.65. The number of carbonyl (C=O) groups is 3. The van der Waals surface area contributed by atoms with Gasteiger partial charge in [0, 0.05) is 11.1 Å². The van der Waals surface area contributed by atoms with Crippen molar-refractivity contribution >= 4 is 29.0 Å². The van der Waals surface area contributed by atoms with E-state index in [0.29, 0.717) is 17.6 Å². The van der Waals surface area contributed by atoms with Crippen LogP contribution in [0.4, 0.5) is 0 Å². The zero-order valence-electron chi connectivity index (χ0n) is 14.8. The highest BCUT2D eigenvalue weighted by Gasteiger charge is 2.37. The monoisotopic (exact) mass is 355 g/mol. The van der Waals surface area contributed by atoms with E-state index in [1.54, 1.807) is 12.1 Å². The van der Waals surface area contributed by atoms with E-state index < -0.39 is 24.4 Å². The molecule has 0 fully saturated rings. The minimum Gasteiger partial charge on any atom is -0.481 e. The predicted molar refractivity (Wildman–Crippen MR) is 96.2 cm³/mol. The average molecular weight is 355 g/mol. The molecule has 3 rings (SSSR count). The molecule has 2 aliphatic rings. The lowest BCUT2D eigenvalue weighted by molar-refractivity contribution is -0.144. The Kier molecular flexibility index (Phi) is 4.52. The summed E-state index contributed by atoms with van der Waals surface area (Å²) in [5.41, 5.74) is 3.33. The molecule has 136 valence electrons. The molecule has 0 radical (unpaired) electrons. The van der Waals surface area contributed by atoms with Gasteiger partial charge in [0.15, 0.2) is 6.04 Å². The molecule has 1 aromatic carbocycles. The first-order chi connectivity index (χ1) is 12.2. The van der Waals surface area contributed by atoms with E-state index in [1.807, 2.05) is 12.1 Å². The number of carboxylic acids is 2. The van der Waals surface area contributed by atoms with Gasteiger partial charge in [0.1, 0.15) is 5.71 Å². The molecule has 2 N–H and O–H groups in total. The van der Waals surface area contributed by atoms with Gasteiger partial charge < -0.3 is 10.2 Å². The van der Waals surface area contributed by atoms with Crippen molar-refractivity contribution in [3.05, 3.63) is 41.0 Å². The average Bonchev–Trinajstić information content (AvgIpc) is 2.56. The molecule has 0 bridgehead atoms. The van der Waals surface area contributed by atoms with Gasteiger partial charge in [-0.05, 0) is 35.8 Å². The molecule has 0 heterocycles. The summed E-state index contributed by atoms with van der Waals surface area (Å²) in [6, 6.07) is 5.83. The van der Waals surface area contributed by atoms with E-state index in [2.05, 4.69) is 18.8 Å². The Morgan fingerprint density at radius 3 is 2.42 bits per heavy atom. The molecule has 0 unspecified atom stereocenters. The van der Waals surface area contributed by atoms with Crippen LogP contribution in [0.2, 0.25) is 0 Å². The van der Waals surface area contributed by atoms with Crippen LogP contribution >= 0.6 is 0 Å². The number of Topliss-reactive ketones (excluding diaryl/α,β-unsaturated/α-hetero) is 1. The number of hydrogen-bond donors (Lipinski definition) is 2. The largest absolute Gasteiger partial charge is 0.481 e. The summed E-state index contributed by atoms with van der Waals surface area (Å²) in [6.45, 7) is 4.33. The Hall–Kier alpha value is -2.76. The molecule has 6 nitrogen and oxygen atoms in total. The van der Waals surface area contributed by atoms with E-state index in [1.165, 1.54) is 0 Å². The fourth-order valence-electron chi connectivity index (χ4n) is 3.65. The quantitative estimate of drug-likeness (QED) is 0.864. The smallest absolute Gasteiger partial charge is 0.329 e. The van der Waals surface area contributed by atoms with Crippen molar-refractivity contribution in [1.29, 1.82) is 0 Å². The maximum absolute atomic E-state index is 13.0. The molecule has 0 aliphatic heterocycles. The van der Waals surface area contributed by atoms with Crippen molar-refractivity contribution in [2.24, 2.45) is 10.4 Å². The first kappa shape index (κ1) is 18.0. The topological polar surface area (TPSA) is 104 Å². The summed E-state index contributed by atoms with van der Waals surface area (Å²) in [5, 5.41) is 18.2. The number of fused-ring (bicyclic) bond motifs is 2. The molecule has 0 aromatic heterocycles. The lowest BCUT2D eigenvalue weighted by Gasteiger charge is -2.36. The second kappa shape index (κ2) is 6.52. The highest BCUT2D eigenvalue weighted by molar-refractivity contribution is 6.54. The Morgan fingerprint density at radius 2 is 1.81 bits per heavy atom. The van der Waals surface area contributed by atoms with Gasteiger partial charge in [-0.25, -0.2) is 4.79 Å². The van der Waals surface area contributed by atoms with Crippen LogP contribution in [0, 0.1) is 5.41 Å². The van der Waals surface area contributed by atoms with Crippen molar-refractivity contribution in [2.45, 2.75) is 45.6 Å². The van der Waals surface area contributed by atoms with Crippen LogP contribution < -0.4 is 0 Å². The molecule has 0 saturated heterocycles. The lowest BCUT2D eigenvalue weighted by Crippen LogP contribution is -2.33. The van der Waals surface area contributed by atoms with Gasteiger partial charge in [-0.3, -0.25) is 14.6 Å². The van der Waals surface area contributed by atoms with Gasteiger partial charge in [-0.15, -0.1) is 0 Å². The van der Waals surface area contributed by atoms with Crippen LogP contribution in [-0.2, 0) is 14.4 Å². The second-order valence-corrected chi connectivity index (χ2v) is 7.60. The number of ketones is 1. The van der Waals surface area contributed by atoms with Crippen LogP contribution in [0.5, 0.6) is 0 Å². The first-order valence-electron chi connectivity index (χ1n) is 8.58. The molecular weight excluding hydrogens is 334 g/mol. The molecule has 0 spiro atoms. The van der Waals surface area contributed by atoms with Gasteiger partial charge in [0.25, 0.3) is 0 Å². The Bertz CT molecular complexity index is 863. The minimum absolute atomic E-state index is 0.0627. The van der Waals surface area contributed by atoms with Crippen LogP contribution in [0.3, 0.4) is 0 Å². The van der Waals surface area contributed by atoms with Crippen LogP contribution in [0.1, 0.15) is 50.7 Å². The summed E-state index contributed by atoms with van der Waals surface area (Å²) in [5.74, 6) is -2.89. The molecule has 0 saturated carbocycles. The number of aliphatic imine (C=N–C) groups is 1. The summed E-state index contributed by atoms with van der Waals surface area (Å²) in [4.78, 5) is 39.5. The van der Waals surface area contributed by atoms with E-state index in [0.717, 1.165) is 24.0 Å². The lowest BCUT2D eigenvalue weighted by atomic mass is 9.68. The molecule has 1 aromatic rings. The first-order valence-corrected chi connectivity index (χ1v) is 8.58. The Labute approximate surface area is 151 Å². The Morgan fingerprint density at radius 1 is 1.15 bits per heavy atom. The molecular formula is C20H21NO5. The maximum atomic E-state index is 13.0. The zero-order valence-corrected chi connectivity index (χ0v) is 14.8. The number of hydrogen-bond acceptors (Lipinski definition) is 4. The van der Waals surface area contributed by atoms with E-state index in [4.69, 9.17) is 5.11 Å². The van der Waals surface area contributed by atoms with Crippen LogP contribution in [0.15, 0.2) is 34.8 Å². The van der Waals surface area contributed by atoms with Crippen molar-refractivity contribution in [3.8, 4) is 0 Å². The fraction of sp³-hybridized carbons (Fsp3) is 0.400. The number of aliphatic carboxylic acids is 2. The van der Waals surface area contributed by atoms with Gasteiger partial charge in [0.2, 0.25) is 5.78 Å². The Balaban J connectivity index is 2.14.